The van der Waals surface area contributed by atoms with Crippen LogP contribution in [0.25, 0.3) is 0 Å². The van der Waals surface area contributed by atoms with Gasteiger partial charge < -0.3 is 4.90 Å². The summed E-state index contributed by atoms with van der Waals surface area (Å²) in [4.78, 5) is 17.4. The monoisotopic (exact) mass is 324 g/mol. The summed E-state index contributed by atoms with van der Waals surface area (Å²) in [5.41, 5.74) is 2.76. The van der Waals surface area contributed by atoms with E-state index in [2.05, 4.69) is 37.3 Å². The minimum Gasteiger partial charge on any atom is -0.369 e. The number of halogens is 1. The van der Waals surface area contributed by atoms with Crippen LogP contribution >= 0.6 is 27.3 Å². The van der Waals surface area contributed by atoms with E-state index < -0.39 is 0 Å². The van der Waals surface area contributed by atoms with Gasteiger partial charge in [-0.2, -0.15) is 0 Å². The van der Waals surface area contributed by atoms with Crippen molar-refractivity contribution >= 4 is 38.7 Å². The molecule has 0 unspecified atom stereocenters. The smallest absolute Gasteiger partial charge is 0.178 e. The average Bonchev–Trinajstić information content (AvgIpc) is 2.75. The van der Waals surface area contributed by atoms with E-state index in [1.807, 2.05) is 13.1 Å². The lowest BCUT2D eigenvalue weighted by Crippen LogP contribution is -2.16. The Labute approximate surface area is 119 Å². The molecule has 2 heterocycles. The first kappa shape index (κ1) is 13.2. The van der Waals surface area contributed by atoms with Crippen molar-refractivity contribution in [1.82, 2.24) is 4.98 Å². The van der Waals surface area contributed by atoms with Crippen LogP contribution < -0.4 is 4.90 Å². The third-order valence-corrected chi connectivity index (χ3v) is 4.14. The second-order valence-electron chi connectivity index (χ2n) is 4.07. The Morgan fingerprint density at radius 2 is 2.28 bits per heavy atom. The van der Waals surface area contributed by atoms with E-state index in [1.165, 1.54) is 12.5 Å². The summed E-state index contributed by atoms with van der Waals surface area (Å²) in [6, 6.07) is 5.79. The van der Waals surface area contributed by atoms with Gasteiger partial charge in [0.15, 0.2) is 5.78 Å². The van der Waals surface area contributed by atoms with Crippen LogP contribution in [0.1, 0.15) is 23.0 Å². The molecule has 0 aliphatic heterocycles. The lowest BCUT2D eigenvalue weighted by Gasteiger charge is -2.18. The highest BCUT2D eigenvalue weighted by Gasteiger charge is 2.06. The summed E-state index contributed by atoms with van der Waals surface area (Å²) < 4.78 is 1.14. The molecular weight excluding hydrogens is 312 g/mol. The molecule has 0 N–H and O–H groups in total. The molecule has 0 spiro atoms. The van der Waals surface area contributed by atoms with Crippen LogP contribution in [0.15, 0.2) is 33.6 Å². The first-order valence-electron chi connectivity index (χ1n) is 5.47. The van der Waals surface area contributed by atoms with E-state index >= 15 is 0 Å². The largest absolute Gasteiger partial charge is 0.369 e. The third-order valence-electron chi connectivity index (χ3n) is 2.59. The van der Waals surface area contributed by atoms with Gasteiger partial charge in [-0.05, 0) is 45.1 Å². The van der Waals surface area contributed by atoms with Crippen molar-refractivity contribution in [3.63, 3.8) is 0 Å². The number of aromatic nitrogens is 1. The van der Waals surface area contributed by atoms with Gasteiger partial charge in [0.2, 0.25) is 0 Å². The van der Waals surface area contributed by atoms with E-state index in [0.717, 1.165) is 16.0 Å². The first-order chi connectivity index (χ1) is 8.56. The quantitative estimate of drug-likeness (QED) is 0.803. The van der Waals surface area contributed by atoms with Gasteiger partial charge in [0.25, 0.3) is 0 Å². The predicted octanol–water partition coefficient (Wildman–Crippen LogP) is 3.74. The molecule has 94 valence electrons. The van der Waals surface area contributed by atoms with Crippen LogP contribution in [0.2, 0.25) is 0 Å². The van der Waals surface area contributed by atoms with Gasteiger partial charge in [0, 0.05) is 20.5 Å². The molecule has 0 amide bonds. The molecule has 0 aliphatic rings. The van der Waals surface area contributed by atoms with Crippen molar-refractivity contribution in [2.75, 3.05) is 11.9 Å². The fourth-order valence-electron chi connectivity index (χ4n) is 1.61. The number of pyridine rings is 1. The fraction of sp³-hybridized carbons (Fsp3) is 0.231. The van der Waals surface area contributed by atoms with Gasteiger partial charge in [-0.25, -0.2) is 0 Å². The maximum atomic E-state index is 11.1. The molecule has 2 aromatic heterocycles. The molecule has 0 atom stereocenters. The number of carbonyl (C=O) groups excluding carboxylic acids is 1. The summed E-state index contributed by atoms with van der Waals surface area (Å²) in [7, 11) is 2.01. The topological polar surface area (TPSA) is 33.2 Å². The zero-order valence-electron chi connectivity index (χ0n) is 10.2. The Bertz CT molecular complexity index is 550. The highest BCUT2D eigenvalue weighted by Crippen LogP contribution is 2.23. The number of Topliss-reactive ketones (excluding diaryl/α,β-unsaturated/α-hetero) is 1. The normalized spacial score (nSPS) is 10.4. The van der Waals surface area contributed by atoms with Crippen molar-refractivity contribution < 1.29 is 4.79 Å². The minimum absolute atomic E-state index is 0.00836. The molecule has 0 aromatic carbocycles. The number of ketones is 1. The van der Waals surface area contributed by atoms with E-state index in [0.29, 0.717) is 5.69 Å². The first-order valence-corrected chi connectivity index (χ1v) is 7.14. The van der Waals surface area contributed by atoms with Crippen molar-refractivity contribution in [2.45, 2.75) is 13.5 Å². The van der Waals surface area contributed by atoms with Gasteiger partial charge in [-0.15, -0.1) is 11.3 Å². The molecule has 2 aromatic rings. The highest BCUT2D eigenvalue weighted by atomic mass is 79.9. The number of hydrogen-bond donors (Lipinski definition) is 0. The molecule has 0 saturated heterocycles. The molecule has 0 saturated carbocycles. The summed E-state index contributed by atoms with van der Waals surface area (Å²) in [5.74, 6) is -0.00836. The second-order valence-corrected chi connectivity index (χ2v) is 6.36. The summed E-state index contributed by atoms with van der Waals surface area (Å²) in [6.07, 6.45) is 1.73. The Morgan fingerprint density at radius 1 is 1.50 bits per heavy atom. The number of rotatable bonds is 4. The van der Waals surface area contributed by atoms with E-state index in [4.69, 9.17) is 0 Å². The summed E-state index contributed by atoms with van der Waals surface area (Å²) >= 11 is 5.13. The van der Waals surface area contributed by atoms with Crippen LogP contribution in [0.4, 0.5) is 5.69 Å². The van der Waals surface area contributed by atoms with Gasteiger partial charge in [0.05, 0.1) is 15.7 Å². The highest BCUT2D eigenvalue weighted by molar-refractivity contribution is 9.11. The van der Waals surface area contributed by atoms with Gasteiger partial charge in [-0.3, -0.25) is 9.78 Å². The minimum atomic E-state index is -0.00836. The molecular formula is C13H13BrN2OS. The lowest BCUT2D eigenvalue weighted by atomic mass is 10.2. The van der Waals surface area contributed by atoms with Crippen LogP contribution in [0.3, 0.4) is 0 Å². The lowest BCUT2D eigenvalue weighted by molar-refractivity contribution is 0.101. The number of carbonyl (C=O) groups is 1. The van der Waals surface area contributed by atoms with Crippen molar-refractivity contribution in [3.8, 4) is 0 Å². The third kappa shape index (κ3) is 3.17. The van der Waals surface area contributed by atoms with E-state index in [1.54, 1.807) is 23.6 Å². The SMILES string of the molecule is CC(=O)c1ccc(N(C)Cc2csc(Br)c2)cn1. The number of nitrogens with zero attached hydrogens (tertiary/aromatic N) is 2. The van der Waals surface area contributed by atoms with Crippen LogP contribution in [-0.4, -0.2) is 17.8 Å². The van der Waals surface area contributed by atoms with E-state index in [9.17, 15) is 4.79 Å². The molecule has 3 nitrogen and oxygen atoms in total. The van der Waals surface area contributed by atoms with Gasteiger partial charge >= 0.3 is 0 Å². The standard InChI is InChI=1S/C13H13BrN2OS/c1-9(17)12-4-3-11(6-15-12)16(2)7-10-5-13(14)18-8-10/h3-6,8H,7H2,1-2H3. The van der Waals surface area contributed by atoms with Crippen LogP contribution in [0, 0.1) is 0 Å². The van der Waals surface area contributed by atoms with Gasteiger partial charge in [0.1, 0.15) is 5.69 Å². The van der Waals surface area contributed by atoms with E-state index in [-0.39, 0.29) is 5.78 Å². The van der Waals surface area contributed by atoms with Crippen molar-refractivity contribution in [1.29, 1.82) is 0 Å². The molecule has 0 aliphatic carbocycles. The zero-order valence-corrected chi connectivity index (χ0v) is 12.6. The number of hydrogen-bond acceptors (Lipinski definition) is 4. The maximum Gasteiger partial charge on any atom is 0.178 e. The predicted molar refractivity (Wildman–Crippen MR) is 78.4 cm³/mol. The molecule has 0 bridgehead atoms. The molecule has 5 heteroatoms. The average molecular weight is 325 g/mol. The molecule has 18 heavy (non-hydrogen) atoms. The summed E-state index contributed by atoms with van der Waals surface area (Å²) in [5, 5.41) is 2.12. The maximum absolute atomic E-state index is 11.1. The Morgan fingerprint density at radius 3 is 2.78 bits per heavy atom. The number of anilines is 1. The van der Waals surface area contributed by atoms with Gasteiger partial charge in [-0.1, -0.05) is 0 Å². The molecule has 0 fully saturated rings. The Balaban J connectivity index is 2.09. The van der Waals surface area contributed by atoms with Crippen molar-refractivity contribution in [2.24, 2.45) is 0 Å². The summed E-state index contributed by atoms with van der Waals surface area (Å²) in [6.45, 7) is 2.35. The van der Waals surface area contributed by atoms with Crippen LogP contribution in [0.5, 0.6) is 0 Å². The molecule has 0 radical (unpaired) electrons. The Hall–Kier alpha value is -1.20. The fourth-order valence-corrected chi connectivity index (χ4v) is 2.81. The number of thiophene rings is 1. The van der Waals surface area contributed by atoms with Crippen LogP contribution in [-0.2, 0) is 6.54 Å². The zero-order chi connectivity index (χ0) is 13.1. The van der Waals surface area contributed by atoms with Crippen molar-refractivity contribution in [3.05, 3.63) is 44.8 Å². The molecule has 2 rings (SSSR count). The Kier molecular flexibility index (Phi) is 4.14. The second kappa shape index (κ2) is 5.63.